The van der Waals surface area contributed by atoms with Crippen LogP contribution in [-0.2, 0) is 0 Å². The van der Waals surface area contributed by atoms with E-state index in [9.17, 15) is 0 Å². The zero-order chi connectivity index (χ0) is 25.6. The second kappa shape index (κ2) is 11.2. The molecule has 0 atom stereocenters. The molecule has 0 spiro atoms. The highest BCUT2D eigenvalue weighted by Gasteiger charge is 2.10. The van der Waals surface area contributed by atoms with E-state index in [1.54, 1.807) is 0 Å². The first-order valence-corrected chi connectivity index (χ1v) is 14.5. The van der Waals surface area contributed by atoms with Crippen LogP contribution >= 0.6 is 0 Å². The number of nitrogens with one attached hydrogen (secondary N) is 1. The van der Waals surface area contributed by atoms with E-state index in [1.165, 1.54) is 43.8 Å². The lowest BCUT2D eigenvalue weighted by molar-refractivity contribution is 1.52. The van der Waals surface area contributed by atoms with Crippen molar-refractivity contribution in [3.05, 3.63) is 158 Å². The molecular weight excluding hydrogens is 474 g/mol. The summed E-state index contributed by atoms with van der Waals surface area (Å²) in [7, 11) is -0.541. The van der Waals surface area contributed by atoms with Gasteiger partial charge in [0.1, 0.15) is 0 Å². The molecule has 1 nitrogen and oxygen atoms in total. The van der Waals surface area contributed by atoms with Crippen molar-refractivity contribution >= 4 is 31.3 Å². The fourth-order valence-electron chi connectivity index (χ4n) is 4.91. The second-order valence-electron chi connectivity index (χ2n) is 9.56. The lowest BCUT2D eigenvalue weighted by Crippen LogP contribution is -2.26. The molecule has 0 aliphatic heterocycles. The molecule has 0 amide bonds. The number of benzene rings is 6. The maximum atomic E-state index is 3.71. The van der Waals surface area contributed by atoms with Gasteiger partial charge in [-0.15, -0.1) is 0 Å². The average Bonchev–Trinajstić information content (AvgIpc) is 2.99. The Balaban J connectivity index is 1.36. The highest BCUT2D eigenvalue weighted by atomic mass is 28.2. The molecule has 6 aromatic rings. The van der Waals surface area contributed by atoms with Crippen LogP contribution in [0, 0.1) is 0 Å². The second-order valence-corrected chi connectivity index (χ2v) is 11.5. The standard InChI is InChI=1S/C36H29NSi/c1-4-11-27(12-5-1)29-19-22-32(23-20-29)37-36-24-21-30(28-13-6-2-7-14-28)26-35(36)31-15-10-18-34(25-31)38-33-16-8-3-9-17-33/h1-26,37H,38H2. The minimum atomic E-state index is -0.541. The van der Waals surface area contributed by atoms with Crippen molar-refractivity contribution < 1.29 is 0 Å². The minimum Gasteiger partial charge on any atom is -0.355 e. The Kier molecular flexibility index (Phi) is 6.97. The molecule has 6 aromatic carbocycles. The van der Waals surface area contributed by atoms with E-state index in [0.717, 1.165) is 11.4 Å². The summed E-state index contributed by atoms with van der Waals surface area (Å²) < 4.78 is 0. The number of anilines is 2. The third-order valence-electron chi connectivity index (χ3n) is 6.89. The van der Waals surface area contributed by atoms with E-state index in [0.29, 0.717) is 0 Å². The van der Waals surface area contributed by atoms with Crippen molar-refractivity contribution in [1.82, 2.24) is 0 Å². The molecule has 0 fully saturated rings. The zero-order valence-electron chi connectivity index (χ0n) is 21.2. The van der Waals surface area contributed by atoms with Gasteiger partial charge in [-0.25, -0.2) is 0 Å². The fraction of sp³-hybridized carbons (Fsp3) is 0. The first kappa shape index (κ1) is 23.7. The summed E-state index contributed by atoms with van der Waals surface area (Å²) in [5.41, 5.74) is 9.53. The Labute approximate surface area is 227 Å². The summed E-state index contributed by atoms with van der Waals surface area (Å²) in [6.07, 6.45) is 0. The monoisotopic (exact) mass is 503 g/mol. The predicted octanol–water partition coefficient (Wildman–Crippen LogP) is 7.55. The van der Waals surface area contributed by atoms with Gasteiger partial charge in [-0.3, -0.25) is 0 Å². The molecule has 0 heterocycles. The SMILES string of the molecule is c1ccc([SiH2]c2cccc(-c3cc(-c4ccccc4)ccc3Nc3ccc(-c4ccccc4)cc3)c2)cc1. The van der Waals surface area contributed by atoms with Crippen LogP contribution < -0.4 is 15.7 Å². The third-order valence-corrected chi connectivity index (χ3v) is 8.61. The van der Waals surface area contributed by atoms with Crippen molar-refractivity contribution in [2.45, 2.75) is 0 Å². The van der Waals surface area contributed by atoms with E-state index in [1.807, 2.05) is 0 Å². The molecule has 38 heavy (non-hydrogen) atoms. The van der Waals surface area contributed by atoms with E-state index in [2.05, 4.69) is 163 Å². The number of hydrogen-bond acceptors (Lipinski definition) is 1. The summed E-state index contributed by atoms with van der Waals surface area (Å²) in [5.74, 6) is 0. The summed E-state index contributed by atoms with van der Waals surface area (Å²) >= 11 is 0. The molecule has 2 heteroatoms. The number of rotatable bonds is 7. The highest BCUT2D eigenvalue weighted by Crippen LogP contribution is 2.34. The van der Waals surface area contributed by atoms with E-state index >= 15 is 0 Å². The van der Waals surface area contributed by atoms with Gasteiger partial charge in [0.25, 0.3) is 0 Å². The normalized spacial score (nSPS) is 11.1. The minimum absolute atomic E-state index is 0.541. The van der Waals surface area contributed by atoms with Crippen LogP contribution in [0.3, 0.4) is 0 Å². The molecule has 182 valence electrons. The van der Waals surface area contributed by atoms with Crippen molar-refractivity contribution in [3.63, 3.8) is 0 Å². The number of hydrogen-bond donors (Lipinski definition) is 1. The Bertz CT molecular complexity index is 1630. The molecule has 0 aliphatic carbocycles. The molecule has 0 saturated carbocycles. The smallest absolute Gasteiger partial charge is 0.0875 e. The molecule has 0 radical (unpaired) electrons. The Hall–Kier alpha value is -4.66. The summed E-state index contributed by atoms with van der Waals surface area (Å²) in [5, 5.41) is 6.61. The molecule has 0 unspecified atom stereocenters. The Morgan fingerprint density at radius 3 is 1.58 bits per heavy atom. The van der Waals surface area contributed by atoms with Gasteiger partial charge in [0.2, 0.25) is 0 Å². The van der Waals surface area contributed by atoms with E-state index < -0.39 is 9.52 Å². The topological polar surface area (TPSA) is 12.0 Å². The van der Waals surface area contributed by atoms with Gasteiger partial charge in [0.15, 0.2) is 0 Å². The third kappa shape index (κ3) is 5.51. The van der Waals surface area contributed by atoms with E-state index in [-0.39, 0.29) is 0 Å². The van der Waals surface area contributed by atoms with Crippen LogP contribution in [-0.4, -0.2) is 9.52 Å². The van der Waals surface area contributed by atoms with Gasteiger partial charge >= 0.3 is 0 Å². The van der Waals surface area contributed by atoms with Crippen molar-refractivity contribution in [2.24, 2.45) is 0 Å². The summed E-state index contributed by atoms with van der Waals surface area (Å²) in [6.45, 7) is 0. The zero-order valence-corrected chi connectivity index (χ0v) is 22.6. The molecule has 1 N–H and O–H groups in total. The van der Waals surface area contributed by atoms with Crippen LogP contribution in [0.25, 0.3) is 33.4 Å². The van der Waals surface area contributed by atoms with Crippen LogP contribution in [0.5, 0.6) is 0 Å². The van der Waals surface area contributed by atoms with Crippen molar-refractivity contribution in [2.75, 3.05) is 5.32 Å². The maximum Gasteiger partial charge on any atom is 0.0875 e. The van der Waals surface area contributed by atoms with Crippen LogP contribution in [0.15, 0.2) is 158 Å². The maximum absolute atomic E-state index is 3.71. The Morgan fingerprint density at radius 1 is 0.368 bits per heavy atom. The summed E-state index contributed by atoms with van der Waals surface area (Å²) in [6, 6.07) is 56.5. The molecule has 6 rings (SSSR count). The van der Waals surface area contributed by atoms with Crippen molar-refractivity contribution in [3.8, 4) is 33.4 Å². The molecule has 0 aromatic heterocycles. The predicted molar refractivity (Wildman–Crippen MR) is 167 cm³/mol. The van der Waals surface area contributed by atoms with Crippen molar-refractivity contribution in [1.29, 1.82) is 0 Å². The fourth-order valence-corrected chi connectivity index (χ4v) is 6.47. The molecular formula is C36H29NSi. The van der Waals surface area contributed by atoms with Gasteiger partial charge in [-0.2, -0.15) is 0 Å². The van der Waals surface area contributed by atoms with Gasteiger partial charge in [-0.1, -0.05) is 144 Å². The van der Waals surface area contributed by atoms with Crippen LogP contribution in [0.1, 0.15) is 0 Å². The quantitative estimate of drug-likeness (QED) is 0.222. The van der Waals surface area contributed by atoms with Gasteiger partial charge in [0.05, 0.1) is 9.52 Å². The average molecular weight is 504 g/mol. The first-order chi connectivity index (χ1) is 18.8. The van der Waals surface area contributed by atoms with Gasteiger partial charge in [-0.05, 0) is 52.1 Å². The highest BCUT2D eigenvalue weighted by molar-refractivity contribution is 6.67. The van der Waals surface area contributed by atoms with Gasteiger partial charge in [0, 0.05) is 16.9 Å². The molecule has 0 bridgehead atoms. The summed E-state index contributed by atoms with van der Waals surface area (Å²) in [4.78, 5) is 0. The Morgan fingerprint density at radius 2 is 0.895 bits per heavy atom. The first-order valence-electron chi connectivity index (χ1n) is 13.1. The van der Waals surface area contributed by atoms with Crippen LogP contribution in [0.4, 0.5) is 11.4 Å². The lowest BCUT2D eigenvalue weighted by atomic mass is 9.97. The van der Waals surface area contributed by atoms with Crippen LogP contribution in [0.2, 0.25) is 0 Å². The lowest BCUT2D eigenvalue weighted by Gasteiger charge is -2.16. The molecule has 0 aliphatic rings. The van der Waals surface area contributed by atoms with E-state index in [4.69, 9.17) is 0 Å². The molecule has 0 saturated heterocycles. The largest absolute Gasteiger partial charge is 0.355 e. The van der Waals surface area contributed by atoms with Gasteiger partial charge < -0.3 is 5.32 Å².